The second-order valence-electron chi connectivity index (χ2n) is 9.55. The first-order valence-electron chi connectivity index (χ1n) is 10.3. The number of imide groups is 1. The van der Waals surface area contributed by atoms with Gasteiger partial charge in [0.2, 0.25) is 0 Å². The fraction of sp³-hybridized carbons (Fsp3) is 0.650. The van der Waals surface area contributed by atoms with E-state index in [0.29, 0.717) is 4.90 Å². The van der Waals surface area contributed by atoms with Gasteiger partial charge in [-0.25, -0.2) is 24.5 Å². The van der Waals surface area contributed by atoms with Crippen LogP contribution >= 0.6 is 0 Å². The highest BCUT2D eigenvalue weighted by Crippen LogP contribution is 2.33. The minimum Gasteiger partial charge on any atom is -0.443 e. The van der Waals surface area contributed by atoms with Gasteiger partial charge in [0.15, 0.2) is 23.2 Å². The van der Waals surface area contributed by atoms with Gasteiger partial charge >= 0.3 is 12.2 Å². The van der Waals surface area contributed by atoms with Crippen LogP contribution in [0.3, 0.4) is 0 Å². The number of aromatic nitrogens is 4. The molecule has 3 heterocycles. The lowest BCUT2D eigenvalue weighted by Crippen LogP contribution is -2.44. The highest BCUT2D eigenvalue weighted by Gasteiger charge is 2.44. The van der Waals surface area contributed by atoms with Crippen molar-refractivity contribution in [2.24, 2.45) is 0 Å². The number of anilines is 1. The van der Waals surface area contributed by atoms with E-state index in [4.69, 9.17) is 14.2 Å². The van der Waals surface area contributed by atoms with E-state index in [2.05, 4.69) is 15.0 Å². The average molecular weight is 467 g/mol. The van der Waals surface area contributed by atoms with Crippen molar-refractivity contribution in [3.05, 3.63) is 12.7 Å². The number of aliphatic hydroxyl groups is 3. The molecule has 2 amide bonds. The molecule has 3 N–H and O–H groups in total. The Morgan fingerprint density at radius 3 is 2.09 bits per heavy atom. The maximum Gasteiger partial charge on any atom is 0.425 e. The van der Waals surface area contributed by atoms with Crippen molar-refractivity contribution < 1.29 is 39.1 Å². The lowest BCUT2D eigenvalue weighted by Gasteiger charge is -2.28. The van der Waals surface area contributed by atoms with Crippen molar-refractivity contribution in [2.75, 3.05) is 11.5 Å². The Bertz CT molecular complexity index is 1000. The zero-order valence-electron chi connectivity index (χ0n) is 19.3. The number of rotatable bonds is 3. The molecule has 1 fully saturated rings. The third-order valence-corrected chi connectivity index (χ3v) is 4.49. The number of nitrogens with zero attached hydrogens (tertiary/aromatic N) is 5. The fourth-order valence-corrected chi connectivity index (χ4v) is 3.16. The Morgan fingerprint density at radius 2 is 1.61 bits per heavy atom. The molecule has 0 saturated carbocycles. The number of imidazole rings is 1. The molecule has 1 aliphatic rings. The first-order chi connectivity index (χ1) is 15.2. The smallest absolute Gasteiger partial charge is 0.425 e. The van der Waals surface area contributed by atoms with E-state index in [1.807, 2.05) is 0 Å². The van der Waals surface area contributed by atoms with Crippen LogP contribution in [0.15, 0.2) is 12.7 Å². The lowest BCUT2D eigenvalue weighted by molar-refractivity contribution is -0.0511. The standard InChI is InChI=1S/C20H29N5O8/c1-19(2,3)32-17(29)25(18(30)33-20(4,5)6)15-11-14(21-8-22-15)24(9-23-11)16-13(28)12(27)10(7-26)31-16/h8-10,12-13,16,26-28H,7H2,1-6H3/t10-,12-,13-,16-/m1/s1. The number of carbonyl (C=O) groups is 2. The molecule has 0 radical (unpaired) electrons. The van der Waals surface area contributed by atoms with Crippen LogP contribution in [0, 0.1) is 0 Å². The number of amides is 2. The van der Waals surface area contributed by atoms with E-state index in [1.165, 1.54) is 10.9 Å². The predicted octanol–water partition coefficient (Wildman–Crippen LogP) is 1.11. The van der Waals surface area contributed by atoms with Crippen LogP contribution in [0.4, 0.5) is 15.4 Å². The number of ether oxygens (including phenoxy) is 3. The molecule has 33 heavy (non-hydrogen) atoms. The van der Waals surface area contributed by atoms with Crippen molar-refractivity contribution in [1.29, 1.82) is 0 Å². The van der Waals surface area contributed by atoms with Gasteiger partial charge < -0.3 is 29.5 Å². The Morgan fingerprint density at radius 1 is 1.03 bits per heavy atom. The highest BCUT2D eigenvalue weighted by molar-refractivity contribution is 6.12. The summed E-state index contributed by atoms with van der Waals surface area (Å²) in [7, 11) is 0. The van der Waals surface area contributed by atoms with E-state index in [-0.39, 0.29) is 17.0 Å². The highest BCUT2D eigenvalue weighted by atomic mass is 16.6. The van der Waals surface area contributed by atoms with Crippen molar-refractivity contribution in [3.8, 4) is 0 Å². The molecule has 0 bridgehead atoms. The van der Waals surface area contributed by atoms with Crippen LogP contribution in [-0.4, -0.2) is 83.1 Å². The average Bonchev–Trinajstić information content (AvgIpc) is 3.21. The van der Waals surface area contributed by atoms with Crippen molar-refractivity contribution in [3.63, 3.8) is 0 Å². The largest absolute Gasteiger partial charge is 0.443 e. The monoisotopic (exact) mass is 467 g/mol. The summed E-state index contributed by atoms with van der Waals surface area (Å²) in [6, 6.07) is 0. The Kier molecular flexibility index (Phi) is 6.62. The predicted molar refractivity (Wildman–Crippen MR) is 113 cm³/mol. The van der Waals surface area contributed by atoms with Crippen molar-refractivity contribution >= 4 is 29.2 Å². The third-order valence-electron chi connectivity index (χ3n) is 4.49. The first-order valence-corrected chi connectivity index (χ1v) is 10.3. The van der Waals surface area contributed by atoms with Gasteiger partial charge in [0, 0.05) is 0 Å². The molecule has 3 rings (SSSR count). The second kappa shape index (κ2) is 8.82. The molecule has 0 spiro atoms. The number of aliphatic hydroxyl groups excluding tert-OH is 3. The molecule has 2 aromatic heterocycles. The fourth-order valence-electron chi connectivity index (χ4n) is 3.16. The SMILES string of the molecule is CC(C)(C)OC(=O)N(C(=O)OC(C)(C)C)c1ncnc2c1ncn2[C@@H]1O[C@H](CO)[C@@H](O)[C@H]1O. The summed E-state index contributed by atoms with van der Waals surface area (Å²) in [5.74, 6) is -0.200. The summed E-state index contributed by atoms with van der Waals surface area (Å²) < 4.78 is 17.6. The van der Waals surface area contributed by atoms with Gasteiger partial charge in [-0.05, 0) is 41.5 Å². The summed E-state index contributed by atoms with van der Waals surface area (Å²) in [6.45, 7) is 9.35. The molecule has 13 heteroatoms. The van der Waals surface area contributed by atoms with Crippen LogP contribution in [0.5, 0.6) is 0 Å². The minimum atomic E-state index is -1.38. The summed E-state index contributed by atoms with van der Waals surface area (Å²) in [5, 5.41) is 29.8. The summed E-state index contributed by atoms with van der Waals surface area (Å²) in [4.78, 5) is 38.9. The van der Waals surface area contributed by atoms with Gasteiger partial charge in [0.1, 0.15) is 35.8 Å². The number of hydrogen-bond acceptors (Lipinski definition) is 11. The molecule has 13 nitrogen and oxygen atoms in total. The summed E-state index contributed by atoms with van der Waals surface area (Å²) in [6.07, 6.45) is -4.56. The maximum atomic E-state index is 13.0. The molecule has 4 atom stereocenters. The molecular formula is C20H29N5O8. The molecule has 0 unspecified atom stereocenters. The lowest BCUT2D eigenvalue weighted by atomic mass is 10.1. The van der Waals surface area contributed by atoms with Crippen LogP contribution in [0.2, 0.25) is 0 Å². The van der Waals surface area contributed by atoms with Crippen molar-refractivity contribution in [1.82, 2.24) is 19.5 Å². The van der Waals surface area contributed by atoms with E-state index >= 15 is 0 Å². The van der Waals surface area contributed by atoms with Crippen molar-refractivity contribution in [2.45, 2.75) is 77.3 Å². The van der Waals surface area contributed by atoms with Gasteiger partial charge in [0.05, 0.1) is 12.9 Å². The second-order valence-corrected chi connectivity index (χ2v) is 9.55. The summed E-state index contributed by atoms with van der Waals surface area (Å²) in [5.41, 5.74) is -1.71. The molecule has 0 aromatic carbocycles. The van der Waals surface area contributed by atoms with E-state index in [1.54, 1.807) is 41.5 Å². The third kappa shape index (κ3) is 5.21. The van der Waals surface area contributed by atoms with Crippen LogP contribution in [-0.2, 0) is 14.2 Å². The quantitative estimate of drug-likeness (QED) is 0.591. The van der Waals surface area contributed by atoms with Gasteiger partial charge in [0.25, 0.3) is 0 Å². The van der Waals surface area contributed by atoms with Crippen LogP contribution in [0.25, 0.3) is 11.2 Å². The van der Waals surface area contributed by atoms with Gasteiger partial charge in [-0.15, -0.1) is 0 Å². The molecule has 182 valence electrons. The van der Waals surface area contributed by atoms with E-state index in [0.717, 1.165) is 6.33 Å². The van der Waals surface area contributed by atoms with E-state index < -0.39 is 54.5 Å². The summed E-state index contributed by atoms with van der Waals surface area (Å²) >= 11 is 0. The Balaban J connectivity index is 2.07. The number of carbonyl (C=O) groups excluding carboxylic acids is 2. The minimum absolute atomic E-state index is 0.0203. The van der Waals surface area contributed by atoms with Gasteiger partial charge in [-0.3, -0.25) is 4.57 Å². The Hall–Kier alpha value is -2.87. The topological polar surface area (TPSA) is 169 Å². The zero-order valence-corrected chi connectivity index (χ0v) is 19.3. The molecule has 2 aromatic rings. The number of fused-ring (bicyclic) bond motifs is 1. The molecule has 0 aliphatic carbocycles. The van der Waals surface area contributed by atoms with E-state index in [9.17, 15) is 24.9 Å². The van der Waals surface area contributed by atoms with Gasteiger partial charge in [-0.1, -0.05) is 0 Å². The number of hydrogen-bond donors (Lipinski definition) is 3. The van der Waals surface area contributed by atoms with Crippen LogP contribution < -0.4 is 4.90 Å². The van der Waals surface area contributed by atoms with Crippen LogP contribution in [0.1, 0.15) is 47.8 Å². The zero-order chi connectivity index (χ0) is 24.7. The molecular weight excluding hydrogens is 438 g/mol. The normalized spacial score (nSPS) is 23.5. The molecule has 1 aliphatic heterocycles. The maximum absolute atomic E-state index is 13.0. The Labute approximate surface area is 189 Å². The molecule has 1 saturated heterocycles. The van der Waals surface area contributed by atoms with Gasteiger partial charge in [-0.2, -0.15) is 4.90 Å². The first kappa shape index (κ1) is 24.8.